The Morgan fingerprint density at radius 1 is 1.15 bits per heavy atom. The fourth-order valence-corrected chi connectivity index (χ4v) is 2.66. The number of carboxylic acids is 1. The number of carboxylic acid groups (broad SMARTS) is 1. The van der Waals surface area contributed by atoms with Crippen LogP contribution in [0.15, 0.2) is 18.2 Å². The van der Waals surface area contributed by atoms with Gasteiger partial charge >= 0.3 is 5.97 Å². The van der Waals surface area contributed by atoms with Crippen molar-refractivity contribution in [2.45, 2.75) is 32.1 Å². The number of hydrogen-bond acceptors (Lipinski definition) is 2. The minimum absolute atomic E-state index is 0.00830. The van der Waals surface area contributed by atoms with Crippen molar-refractivity contribution in [3.63, 3.8) is 0 Å². The van der Waals surface area contributed by atoms with Crippen LogP contribution >= 0.6 is 0 Å². The summed E-state index contributed by atoms with van der Waals surface area (Å²) in [6.07, 6.45) is 2.27. The van der Waals surface area contributed by atoms with Gasteiger partial charge in [-0.3, -0.25) is 9.59 Å². The molecule has 1 amide bonds. The summed E-state index contributed by atoms with van der Waals surface area (Å²) >= 11 is 0. The largest absolute Gasteiger partial charge is 0.481 e. The van der Waals surface area contributed by atoms with Crippen molar-refractivity contribution in [1.82, 2.24) is 0 Å². The number of halogens is 2. The highest BCUT2D eigenvalue weighted by Gasteiger charge is 2.42. The lowest BCUT2D eigenvalue weighted by molar-refractivity contribution is -0.150. The minimum atomic E-state index is -1.05. The molecule has 108 valence electrons. The third-order valence-electron chi connectivity index (χ3n) is 3.66. The summed E-state index contributed by atoms with van der Waals surface area (Å²) in [5, 5.41) is 11.6. The van der Waals surface area contributed by atoms with E-state index in [-0.39, 0.29) is 12.1 Å². The van der Waals surface area contributed by atoms with Gasteiger partial charge in [0.15, 0.2) is 0 Å². The van der Waals surface area contributed by atoms with Crippen LogP contribution in [0, 0.1) is 17.0 Å². The van der Waals surface area contributed by atoms with Crippen molar-refractivity contribution in [3.05, 3.63) is 29.8 Å². The Morgan fingerprint density at radius 2 is 1.70 bits per heavy atom. The summed E-state index contributed by atoms with van der Waals surface area (Å²) in [7, 11) is 0. The molecule has 1 saturated carbocycles. The fraction of sp³-hybridized carbons (Fsp3) is 0.429. The molecular weight excluding hydrogens is 268 g/mol. The van der Waals surface area contributed by atoms with Gasteiger partial charge in [0.05, 0.1) is 5.41 Å². The van der Waals surface area contributed by atoms with Crippen LogP contribution in [0.2, 0.25) is 0 Å². The Bertz CT molecular complexity index is 519. The molecule has 0 unspecified atom stereocenters. The van der Waals surface area contributed by atoms with Crippen LogP contribution in [0.25, 0.3) is 0 Å². The van der Waals surface area contributed by atoms with Crippen molar-refractivity contribution in [2.75, 3.05) is 5.32 Å². The zero-order valence-electron chi connectivity index (χ0n) is 10.8. The highest BCUT2D eigenvalue weighted by Crippen LogP contribution is 2.41. The Balaban J connectivity index is 2.06. The van der Waals surface area contributed by atoms with Gasteiger partial charge in [0.25, 0.3) is 0 Å². The molecular formula is C14H15F2NO3. The lowest BCUT2D eigenvalue weighted by atomic mass is 9.82. The molecule has 20 heavy (non-hydrogen) atoms. The summed E-state index contributed by atoms with van der Waals surface area (Å²) in [5.74, 6) is -3.13. The van der Waals surface area contributed by atoms with Gasteiger partial charge in [-0.1, -0.05) is 12.8 Å². The molecule has 2 rings (SSSR count). The maximum atomic E-state index is 13.0. The van der Waals surface area contributed by atoms with E-state index in [9.17, 15) is 23.5 Å². The van der Waals surface area contributed by atoms with E-state index in [1.54, 1.807) is 0 Å². The van der Waals surface area contributed by atoms with Crippen molar-refractivity contribution in [2.24, 2.45) is 5.41 Å². The van der Waals surface area contributed by atoms with E-state index in [0.29, 0.717) is 18.9 Å². The average Bonchev–Trinajstić information content (AvgIpc) is 2.76. The predicted octanol–water partition coefficient (Wildman–Crippen LogP) is 2.94. The molecule has 0 aliphatic heterocycles. The SMILES string of the molecule is O=C(CC1(C(=O)O)CCCC1)Nc1cc(F)cc(F)c1. The zero-order valence-corrected chi connectivity index (χ0v) is 10.8. The van der Waals surface area contributed by atoms with Crippen LogP contribution in [0.3, 0.4) is 0 Å². The van der Waals surface area contributed by atoms with Crippen molar-refractivity contribution in [3.8, 4) is 0 Å². The van der Waals surface area contributed by atoms with Gasteiger partial charge < -0.3 is 10.4 Å². The molecule has 0 bridgehead atoms. The van der Waals surface area contributed by atoms with Crippen molar-refractivity contribution < 1.29 is 23.5 Å². The number of carbonyl (C=O) groups excluding carboxylic acids is 1. The number of amides is 1. The Morgan fingerprint density at radius 3 is 2.20 bits per heavy atom. The van der Waals surface area contributed by atoms with Crippen LogP contribution in [0.1, 0.15) is 32.1 Å². The standard InChI is InChI=1S/C14H15F2NO3/c15-9-5-10(16)7-11(6-9)17-12(18)8-14(13(19)20)3-1-2-4-14/h5-7H,1-4,8H2,(H,17,18)(H,19,20). The third kappa shape index (κ3) is 3.12. The van der Waals surface area contributed by atoms with Gasteiger partial charge in [-0.2, -0.15) is 0 Å². The molecule has 0 atom stereocenters. The first-order valence-electron chi connectivity index (χ1n) is 6.41. The molecule has 4 nitrogen and oxygen atoms in total. The number of hydrogen-bond donors (Lipinski definition) is 2. The quantitative estimate of drug-likeness (QED) is 0.892. The molecule has 0 aromatic heterocycles. The minimum Gasteiger partial charge on any atom is -0.481 e. The van der Waals surface area contributed by atoms with E-state index in [1.165, 1.54) is 0 Å². The maximum Gasteiger partial charge on any atom is 0.310 e. The summed E-state index contributed by atoms with van der Waals surface area (Å²) in [6.45, 7) is 0. The zero-order chi connectivity index (χ0) is 14.8. The molecule has 1 aromatic rings. The summed E-state index contributed by atoms with van der Waals surface area (Å²) in [6, 6.07) is 2.68. The molecule has 0 spiro atoms. The van der Waals surface area contributed by atoms with Crippen LogP contribution < -0.4 is 5.32 Å². The van der Waals surface area contributed by atoms with Crippen LogP contribution in [-0.4, -0.2) is 17.0 Å². The van der Waals surface area contributed by atoms with Crippen molar-refractivity contribution in [1.29, 1.82) is 0 Å². The Labute approximate surface area is 114 Å². The predicted molar refractivity (Wildman–Crippen MR) is 68.1 cm³/mol. The van der Waals surface area contributed by atoms with Crippen LogP contribution in [0.5, 0.6) is 0 Å². The fourth-order valence-electron chi connectivity index (χ4n) is 2.66. The van der Waals surface area contributed by atoms with E-state index in [0.717, 1.165) is 25.0 Å². The van der Waals surface area contributed by atoms with Crippen molar-refractivity contribution >= 4 is 17.6 Å². The molecule has 0 saturated heterocycles. The molecule has 1 fully saturated rings. The number of benzene rings is 1. The average molecular weight is 283 g/mol. The van der Waals surface area contributed by atoms with Crippen LogP contribution in [-0.2, 0) is 9.59 Å². The highest BCUT2D eigenvalue weighted by molar-refractivity contribution is 5.94. The highest BCUT2D eigenvalue weighted by atomic mass is 19.1. The first kappa shape index (κ1) is 14.4. The van der Waals surface area contributed by atoms with Gasteiger partial charge in [0, 0.05) is 18.2 Å². The molecule has 0 heterocycles. The lowest BCUT2D eigenvalue weighted by Crippen LogP contribution is -2.32. The topological polar surface area (TPSA) is 66.4 Å². The molecule has 1 aliphatic carbocycles. The summed E-state index contributed by atoms with van der Waals surface area (Å²) in [4.78, 5) is 23.2. The van der Waals surface area contributed by atoms with E-state index < -0.39 is 28.9 Å². The smallest absolute Gasteiger partial charge is 0.310 e. The lowest BCUT2D eigenvalue weighted by Gasteiger charge is -2.22. The third-order valence-corrected chi connectivity index (χ3v) is 3.66. The van der Waals surface area contributed by atoms with Gasteiger partial charge in [0.1, 0.15) is 11.6 Å². The summed E-state index contributed by atoms with van der Waals surface area (Å²) < 4.78 is 26.0. The van der Waals surface area contributed by atoms with Gasteiger partial charge in [0.2, 0.25) is 5.91 Å². The van der Waals surface area contributed by atoms with E-state index in [4.69, 9.17) is 0 Å². The first-order valence-corrected chi connectivity index (χ1v) is 6.41. The second-order valence-corrected chi connectivity index (χ2v) is 5.18. The second kappa shape index (κ2) is 5.56. The normalized spacial score (nSPS) is 16.9. The Hall–Kier alpha value is -1.98. The first-order chi connectivity index (χ1) is 9.41. The molecule has 2 N–H and O–H groups in total. The second-order valence-electron chi connectivity index (χ2n) is 5.18. The number of carbonyl (C=O) groups is 2. The van der Waals surface area contributed by atoms with Gasteiger partial charge in [-0.15, -0.1) is 0 Å². The summed E-state index contributed by atoms with van der Waals surface area (Å²) in [5.41, 5.74) is -1.05. The van der Waals surface area contributed by atoms with E-state index in [2.05, 4.69) is 5.32 Å². The molecule has 0 radical (unpaired) electrons. The number of rotatable bonds is 4. The van der Waals surface area contributed by atoms with E-state index >= 15 is 0 Å². The molecule has 1 aliphatic rings. The van der Waals surface area contributed by atoms with Gasteiger partial charge in [-0.25, -0.2) is 8.78 Å². The van der Waals surface area contributed by atoms with Gasteiger partial charge in [-0.05, 0) is 25.0 Å². The molecule has 1 aromatic carbocycles. The number of aliphatic carboxylic acids is 1. The van der Waals surface area contributed by atoms with Crippen LogP contribution in [0.4, 0.5) is 14.5 Å². The molecule has 6 heteroatoms. The monoisotopic (exact) mass is 283 g/mol. The number of nitrogens with one attached hydrogen (secondary N) is 1. The maximum absolute atomic E-state index is 13.0. The van der Waals surface area contributed by atoms with E-state index in [1.807, 2.05) is 0 Å². The number of anilines is 1. The Kier molecular flexibility index (Phi) is 4.01.